The maximum Gasteiger partial charge on any atom is 0.329 e. The Labute approximate surface area is 394 Å². The SMILES string of the molecule is Cn1c(=O)n(C2CCC(=O)NC2=O)c2ccc(CCCN3CCN(CC4CCC(NC(=O)[C@@H]5NC6(CCCCC6)[C@@]6(C(=O)Nc7cc(Cl)ccc76)[C@H]5c5cccc(Cl)c5F)CC4)CC3)cc21. The van der Waals surface area contributed by atoms with Crippen LogP contribution in [0.2, 0.25) is 10.0 Å². The summed E-state index contributed by atoms with van der Waals surface area (Å²) in [5.41, 5.74) is 1.98. The van der Waals surface area contributed by atoms with Gasteiger partial charge in [0.15, 0.2) is 0 Å². The topological polar surface area (TPSA) is 150 Å². The molecule has 13 nitrogen and oxygen atoms in total. The molecule has 4 amide bonds. The molecule has 6 aliphatic rings. The van der Waals surface area contributed by atoms with Gasteiger partial charge in [0.1, 0.15) is 17.3 Å². The number of hydrogen-bond acceptors (Lipinski definition) is 8. The molecule has 4 N–H and O–H groups in total. The van der Waals surface area contributed by atoms with Crippen LogP contribution < -0.4 is 27.0 Å². The Bertz CT molecular complexity index is 2630. The van der Waals surface area contributed by atoms with Crippen molar-refractivity contribution in [1.29, 1.82) is 0 Å². The van der Waals surface area contributed by atoms with Gasteiger partial charge in [0, 0.05) is 74.4 Å². The van der Waals surface area contributed by atoms with Crippen molar-refractivity contribution >= 4 is 63.6 Å². The molecule has 2 saturated carbocycles. The number of piperazine rings is 1. The fraction of sp³-hybridized carbons (Fsp3) is 0.540. The number of aryl methyl sites for hydroxylation is 2. The fourth-order valence-electron chi connectivity index (χ4n) is 12.9. The number of benzene rings is 3. The molecule has 4 aliphatic heterocycles. The number of amides is 4. The van der Waals surface area contributed by atoms with Crippen molar-refractivity contribution in [3.8, 4) is 0 Å². The van der Waals surface area contributed by atoms with E-state index in [1.165, 1.54) is 10.6 Å². The van der Waals surface area contributed by atoms with Crippen LogP contribution in [0.5, 0.6) is 0 Å². The number of nitrogens with zero attached hydrogens (tertiary/aromatic N) is 4. The first-order chi connectivity index (χ1) is 31.9. The Morgan fingerprint density at radius 3 is 2.38 bits per heavy atom. The van der Waals surface area contributed by atoms with Crippen molar-refractivity contribution in [3.63, 3.8) is 0 Å². The highest BCUT2D eigenvalue weighted by Gasteiger charge is 2.72. The molecule has 5 heterocycles. The van der Waals surface area contributed by atoms with Gasteiger partial charge in [0.2, 0.25) is 23.6 Å². The number of aromatic nitrogens is 2. The Hall–Kier alpha value is -4.60. The molecule has 0 bridgehead atoms. The number of nitrogens with one attached hydrogen (secondary N) is 4. The fourth-order valence-corrected chi connectivity index (χ4v) is 13.2. The summed E-state index contributed by atoms with van der Waals surface area (Å²) in [6.07, 6.45) is 10.3. The molecule has 16 heteroatoms. The van der Waals surface area contributed by atoms with Gasteiger partial charge in [-0.3, -0.25) is 38.9 Å². The van der Waals surface area contributed by atoms with Crippen LogP contribution in [-0.2, 0) is 38.1 Å². The number of imidazole rings is 1. The lowest BCUT2D eigenvalue weighted by Crippen LogP contribution is -2.60. The predicted octanol–water partition coefficient (Wildman–Crippen LogP) is 6.34. The van der Waals surface area contributed by atoms with Crippen molar-refractivity contribution in [2.24, 2.45) is 13.0 Å². The van der Waals surface area contributed by atoms with Gasteiger partial charge in [-0.2, -0.15) is 0 Å². The third-order valence-electron chi connectivity index (χ3n) is 16.1. The summed E-state index contributed by atoms with van der Waals surface area (Å²) in [6.45, 7) is 6.07. The van der Waals surface area contributed by atoms with E-state index in [1.54, 1.807) is 35.9 Å². The van der Waals surface area contributed by atoms with Crippen LogP contribution >= 0.6 is 23.2 Å². The molecule has 3 saturated heterocycles. The molecule has 2 aliphatic carbocycles. The maximum atomic E-state index is 16.3. The van der Waals surface area contributed by atoms with Crippen molar-refractivity contribution < 1.29 is 23.6 Å². The molecule has 0 radical (unpaired) electrons. The smallest absolute Gasteiger partial charge is 0.329 e. The molecular weight excluding hydrogens is 883 g/mol. The molecule has 1 aromatic heterocycles. The third-order valence-corrected chi connectivity index (χ3v) is 16.6. The van der Waals surface area contributed by atoms with Crippen LogP contribution in [-0.4, -0.2) is 99.5 Å². The first-order valence-corrected chi connectivity index (χ1v) is 24.7. The molecule has 4 atom stereocenters. The number of imide groups is 1. The maximum absolute atomic E-state index is 16.3. The zero-order chi connectivity index (χ0) is 45.9. The van der Waals surface area contributed by atoms with E-state index in [9.17, 15) is 24.0 Å². The summed E-state index contributed by atoms with van der Waals surface area (Å²) in [5, 5.41) is 13.1. The van der Waals surface area contributed by atoms with Crippen LogP contribution in [0, 0.1) is 11.7 Å². The van der Waals surface area contributed by atoms with Gasteiger partial charge in [-0.25, -0.2) is 9.18 Å². The van der Waals surface area contributed by atoms with Crippen LogP contribution in [0.25, 0.3) is 11.0 Å². The van der Waals surface area contributed by atoms with Crippen LogP contribution in [0.15, 0.2) is 59.4 Å². The number of piperidine rings is 1. The van der Waals surface area contributed by atoms with Gasteiger partial charge >= 0.3 is 5.69 Å². The summed E-state index contributed by atoms with van der Waals surface area (Å²) in [6, 6.07) is 14.8. The molecule has 66 heavy (non-hydrogen) atoms. The number of carbonyl (C=O) groups excluding carboxylic acids is 4. The second-order valence-electron chi connectivity index (χ2n) is 19.8. The first-order valence-electron chi connectivity index (χ1n) is 24.0. The standard InChI is InChI=1S/C50H59Cl2FN8O5/c1-58-40-27-30(12-17-38(40)61(48(58)66)39-18-19-41(62)56-45(39)63)7-6-22-59-23-25-60(26-24-59)29-31-10-14-33(15-11-31)54-46(64)44-42(34-8-5-9-36(52)43(34)53)50(49(57-44)20-3-2-4-21-49)35-16-13-32(51)28-37(35)55-47(50)65/h5,8-9,12-13,16-17,27-28,31,33,39,42,44,57H,2-4,6-7,10-11,14-15,18-26,29H2,1H3,(H,54,64)(H,55,65)(H,56,62,63)/t31?,33?,39?,42-,44+,50+/m0/s1. The lowest BCUT2D eigenvalue weighted by Gasteiger charge is -2.47. The molecular formula is C50H59Cl2FN8O5. The number of rotatable bonds is 10. The highest BCUT2D eigenvalue weighted by atomic mass is 35.5. The molecule has 10 rings (SSSR count). The van der Waals surface area contributed by atoms with Crippen LogP contribution in [0.4, 0.5) is 10.1 Å². The summed E-state index contributed by atoms with van der Waals surface area (Å²) in [5.74, 6) is -2.08. The predicted molar refractivity (Wildman–Crippen MR) is 252 cm³/mol. The Balaban J connectivity index is 0.737. The number of hydrogen-bond donors (Lipinski definition) is 4. The van der Waals surface area contributed by atoms with Gasteiger partial charge in [-0.15, -0.1) is 0 Å². The van der Waals surface area contributed by atoms with E-state index < -0.39 is 40.7 Å². The minimum absolute atomic E-state index is 0.0181. The second kappa shape index (κ2) is 18.1. The first kappa shape index (κ1) is 45.2. The molecule has 4 aromatic rings. The van der Waals surface area contributed by atoms with Crippen molar-refractivity contribution in [2.75, 3.05) is 44.6 Å². The third kappa shape index (κ3) is 7.87. The number of anilines is 1. The monoisotopic (exact) mass is 940 g/mol. The number of carbonyl (C=O) groups is 4. The quantitative estimate of drug-likeness (QED) is 0.135. The average Bonchev–Trinajstić information content (AvgIpc) is 3.86. The molecule has 350 valence electrons. The molecule has 1 unspecified atom stereocenters. The van der Waals surface area contributed by atoms with Gasteiger partial charge in [-0.05, 0) is 117 Å². The van der Waals surface area contributed by atoms with Gasteiger partial charge in [-0.1, -0.05) is 66.7 Å². The highest BCUT2D eigenvalue weighted by Crippen LogP contribution is 2.63. The van der Waals surface area contributed by atoms with Crippen molar-refractivity contribution in [2.45, 2.75) is 118 Å². The van der Waals surface area contributed by atoms with E-state index in [-0.39, 0.29) is 46.5 Å². The Kier molecular flexibility index (Phi) is 12.4. The zero-order valence-corrected chi connectivity index (χ0v) is 39.0. The summed E-state index contributed by atoms with van der Waals surface area (Å²) >= 11 is 12.9. The van der Waals surface area contributed by atoms with E-state index in [0.717, 1.165) is 114 Å². The lowest BCUT2D eigenvalue weighted by molar-refractivity contribution is -0.136. The van der Waals surface area contributed by atoms with Crippen LogP contribution in [0.3, 0.4) is 0 Å². The van der Waals surface area contributed by atoms with E-state index in [0.29, 0.717) is 41.4 Å². The molecule has 2 spiro atoms. The van der Waals surface area contributed by atoms with Gasteiger partial charge in [0.25, 0.3) is 0 Å². The number of halogens is 3. The largest absolute Gasteiger partial charge is 0.352 e. The summed E-state index contributed by atoms with van der Waals surface area (Å²) in [4.78, 5) is 72.0. The molecule has 5 fully saturated rings. The molecule has 3 aromatic carbocycles. The van der Waals surface area contributed by atoms with Crippen molar-refractivity contribution in [3.05, 3.63) is 97.6 Å². The zero-order valence-electron chi connectivity index (χ0n) is 37.5. The minimum atomic E-state index is -1.25. The Morgan fingerprint density at radius 2 is 1.62 bits per heavy atom. The lowest BCUT2D eigenvalue weighted by atomic mass is 9.55. The van der Waals surface area contributed by atoms with E-state index in [2.05, 4.69) is 37.1 Å². The summed E-state index contributed by atoms with van der Waals surface area (Å²) < 4.78 is 19.5. The van der Waals surface area contributed by atoms with Gasteiger partial charge in [0.05, 0.1) is 22.1 Å². The normalized spacial score (nSPS) is 27.9. The minimum Gasteiger partial charge on any atom is -0.352 e. The average molecular weight is 942 g/mol. The second-order valence-corrected chi connectivity index (χ2v) is 20.7. The number of fused-ring (bicyclic) bond motifs is 4. The van der Waals surface area contributed by atoms with E-state index in [1.807, 2.05) is 18.2 Å². The van der Waals surface area contributed by atoms with E-state index in [4.69, 9.17) is 23.2 Å². The van der Waals surface area contributed by atoms with Gasteiger partial charge < -0.3 is 20.4 Å². The van der Waals surface area contributed by atoms with Crippen molar-refractivity contribution in [1.82, 2.24) is 34.9 Å². The highest BCUT2D eigenvalue weighted by molar-refractivity contribution is 6.31. The Morgan fingerprint density at radius 1 is 0.864 bits per heavy atom. The summed E-state index contributed by atoms with van der Waals surface area (Å²) in [7, 11) is 1.73. The van der Waals surface area contributed by atoms with E-state index >= 15 is 4.39 Å². The van der Waals surface area contributed by atoms with Crippen LogP contribution in [0.1, 0.15) is 106 Å².